The van der Waals surface area contributed by atoms with Crippen molar-refractivity contribution in [1.29, 1.82) is 0 Å². The maximum Gasteiger partial charge on any atom is 0.232 e. The fourth-order valence-electron chi connectivity index (χ4n) is 3.31. The van der Waals surface area contributed by atoms with E-state index >= 15 is 0 Å². The van der Waals surface area contributed by atoms with Crippen molar-refractivity contribution in [3.05, 3.63) is 0 Å². The number of hydrogen-bond donors (Lipinski definition) is 0. The van der Waals surface area contributed by atoms with Gasteiger partial charge in [-0.25, -0.2) is 0 Å². The Morgan fingerprint density at radius 1 is 0.870 bits per heavy atom. The molecule has 0 aliphatic carbocycles. The molecule has 3 fully saturated rings. The van der Waals surface area contributed by atoms with E-state index in [-0.39, 0.29) is 18.2 Å². The van der Waals surface area contributed by atoms with Crippen molar-refractivity contribution in [2.24, 2.45) is 0 Å². The van der Waals surface area contributed by atoms with Crippen LogP contribution in [0.15, 0.2) is 0 Å². The topological polar surface area (TPSA) is 79.4 Å². The zero-order valence-electron chi connectivity index (χ0n) is 13.2. The van der Waals surface area contributed by atoms with Gasteiger partial charge < -0.3 is 24.2 Å². The first kappa shape index (κ1) is 16.2. The summed E-state index contributed by atoms with van der Waals surface area (Å²) in [6.45, 7) is 4.40. The smallest absolute Gasteiger partial charge is 0.232 e. The van der Waals surface area contributed by atoms with Crippen LogP contribution in [0.1, 0.15) is 19.3 Å². The molecular formula is C15H23N3O5. The third-order valence-electron chi connectivity index (χ3n) is 4.81. The first-order chi connectivity index (χ1) is 11.1. The highest BCUT2D eigenvalue weighted by atomic mass is 16.7. The van der Waals surface area contributed by atoms with Crippen LogP contribution >= 0.6 is 0 Å². The van der Waals surface area contributed by atoms with Crippen molar-refractivity contribution in [3.63, 3.8) is 0 Å². The monoisotopic (exact) mass is 325 g/mol. The van der Waals surface area contributed by atoms with Gasteiger partial charge >= 0.3 is 0 Å². The van der Waals surface area contributed by atoms with E-state index in [9.17, 15) is 14.4 Å². The number of piperidine rings is 1. The Hall–Kier alpha value is -1.67. The fraction of sp³-hybridized carbons (Fsp3) is 0.800. The SMILES string of the molecule is O=CN1CCN(C(=O)CC(=O)N2CCC3(CC2)OCCO3)CC1. The molecule has 0 saturated carbocycles. The minimum absolute atomic E-state index is 0.101. The van der Waals surface area contributed by atoms with E-state index in [0.29, 0.717) is 65.3 Å². The first-order valence-electron chi connectivity index (χ1n) is 8.15. The number of amides is 3. The van der Waals surface area contributed by atoms with Gasteiger partial charge in [-0.15, -0.1) is 0 Å². The van der Waals surface area contributed by atoms with Crippen LogP contribution in [0, 0.1) is 0 Å². The van der Waals surface area contributed by atoms with Crippen molar-refractivity contribution >= 4 is 18.2 Å². The molecule has 0 atom stereocenters. The summed E-state index contributed by atoms with van der Waals surface area (Å²) in [7, 11) is 0. The predicted molar refractivity (Wildman–Crippen MR) is 79.3 cm³/mol. The molecule has 3 aliphatic heterocycles. The summed E-state index contributed by atoms with van der Waals surface area (Å²) >= 11 is 0. The van der Waals surface area contributed by atoms with Crippen molar-refractivity contribution in [2.75, 3.05) is 52.5 Å². The van der Waals surface area contributed by atoms with Gasteiger partial charge in [-0.3, -0.25) is 14.4 Å². The molecule has 8 nitrogen and oxygen atoms in total. The average molecular weight is 325 g/mol. The van der Waals surface area contributed by atoms with Gasteiger partial charge in [0.25, 0.3) is 0 Å². The van der Waals surface area contributed by atoms with Gasteiger partial charge in [0.05, 0.1) is 13.2 Å². The lowest BCUT2D eigenvalue weighted by atomic mass is 10.0. The van der Waals surface area contributed by atoms with Crippen LogP contribution in [0.5, 0.6) is 0 Å². The summed E-state index contributed by atoms with van der Waals surface area (Å²) in [6, 6.07) is 0. The van der Waals surface area contributed by atoms with E-state index in [0.717, 1.165) is 6.41 Å². The number of piperazine rings is 1. The van der Waals surface area contributed by atoms with Crippen LogP contribution in [0.2, 0.25) is 0 Å². The zero-order valence-corrected chi connectivity index (χ0v) is 13.2. The summed E-state index contributed by atoms with van der Waals surface area (Å²) in [4.78, 5) is 40.2. The number of nitrogens with zero attached hydrogens (tertiary/aromatic N) is 3. The quantitative estimate of drug-likeness (QED) is 0.493. The lowest BCUT2D eigenvalue weighted by Crippen LogP contribution is -2.51. The average Bonchev–Trinajstić information content (AvgIpc) is 3.03. The molecule has 23 heavy (non-hydrogen) atoms. The van der Waals surface area contributed by atoms with Crippen LogP contribution in [0.4, 0.5) is 0 Å². The van der Waals surface area contributed by atoms with E-state index in [1.807, 2.05) is 0 Å². The molecule has 0 aromatic rings. The maximum atomic E-state index is 12.3. The molecule has 128 valence electrons. The molecule has 0 unspecified atom stereocenters. The highest BCUT2D eigenvalue weighted by Crippen LogP contribution is 2.31. The Labute approximate surface area is 135 Å². The molecule has 0 N–H and O–H groups in total. The first-order valence-corrected chi connectivity index (χ1v) is 8.15. The summed E-state index contributed by atoms with van der Waals surface area (Å²) in [5.41, 5.74) is 0. The highest BCUT2D eigenvalue weighted by Gasteiger charge is 2.41. The van der Waals surface area contributed by atoms with E-state index in [1.54, 1.807) is 14.7 Å². The third kappa shape index (κ3) is 3.64. The van der Waals surface area contributed by atoms with Crippen molar-refractivity contribution in [2.45, 2.75) is 25.0 Å². The Morgan fingerprint density at radius 2 is 1.39 bits per heavy atom. The van der Waals surface area contributed by atoms with Gasteiger partial charge in [0.15, 0.2) is 5.79 Å². The van der Waals surface area contributed by atoms with Crippen LogP contribution in [-0.4, -0.2) is 91.2 Å². The number of rotatable bonds is 3. The summed E-state index contributed by atoms with van der Waals surface area (Å²) in [6.07, 6.45) is 2.01. The molecule has 3 aliphatic rings. The standard InChI is InChI=1S/C15H23N3O5/c19-12-16-5-7-18(8-6-16)14(21)11-13(20)17-3-1-15(2-4-17)22-9-10-23-15/h12H,1-11H2. The van der Waals surface area contributed by atoms with Crippen molar-refractivity contribution in [3.8, 4) is 0 Å². The molecule has 3 heterocycles. The molecule has 0 bridgehead atoms. The number of carbonyl (C=O) groups excluding carboxylic acids is 3. The Balaban J connectivity index is 1.44. The molecular weight excluding hydrogens is 302 g/mol. The normalized spacial score (nSPS) is 24.1. The second kappa shape index (κ2) is 6.84. The van der Waals surface area contributed by atoms with Gasteiger partial charge in [0.1, 0.15) is 6.42 Å². The van der Waals surface area contributed by atoms with Crippen molar-refractivity contribution in [1.82, 2.24) is 14.7 Å². The third-order valence-corrected chi connectivity index (χ3v) is 4.81. The van der Waals surface area contributed by atoms with Gasteiger partial charge in [-0.05, 0) is 0 Å². The molecule has 3 saturated heterocycles. The molecule has 0 aromatic heterocycles. The molecule has 3 rings (SSSR count). The second-order valence-electron chi connectivity index (χ2n) is 6.19. The number of likely N-dealkylation sites (tertiary alicyclic amines) is 1. The fourth-order valence-corrected chi connectivity index (χ4v) is 3.31. The molecule has 3 amide bonds. The molecule has 0 aromatic carbocycles. The summed E-state index contributed by atoms with van der Waals surface area (Å²) < 4.78 is 11.3. The highest BCUT2D eigenvalue weighted by molar-refractivity contribution is 5.97. The summed E-state index contributed by atoms with van der Waals surface area (Å²) in [5, 5.41) is 0. The van der Waals surface area contributed by atoms with E-state index in [4.69, 9.17) is 9.47 Å². The van der Waals surface area contributed by atoms with Crippen LogP contribution in [-0.2, 0) is 23.9 Å². The largest absolute Gasteiger partial charge is 0.347 e. The van der Waals surface area contributed by atoms with Crippen LogP contribution < -0.4 is 0 Å². The van der Waals surface area contributed by atoms with Gasteiger partial charge in [-0.1, -0.05) is 0 Å². The predicted octanol–water partition coefficient (Wildman–Crippen LogP) is -0.957. The van der Waals surface area contributed by atoms with Gasteiger partial charge in [-0.2, -0.15) is 0 Å². The lowest BCUT2D eigenvalue weighted by Gasteiger charge is -2.38. The Morgan fingerprint density at radius 3 is 1.91 bits per heavy atom. The van der Waals surface area contributed by atoms with E-state index in [2.05, 4.69) is 0 Å². The minimum atomic E-state index is -0.508. The second-order valence-corrected chi connectivity index (χ2v) is 6.19. The molecule has 0 radical (unpaired) electrons. The number of hydrogen-bond acceptors (Lipinski definition) is 5. The molecule has 1 spiro atoms. The lowest BCUT2D eigenvalue weighted by molar-refractivity contribution is -0.187. The van der Waals surface area contributed by atoms with Crippen LogP contribution in [0.3, 0.4) is 0 Å². The van der Waals surface area contributed by atoms with E-state index < -0.39 is 5.79 Å². The zero-order chi connectivity index (χ0) is 16.3. The molecule has 8 heteroatoms. The van der Waals surface area contributed by atoms with E-state index in [1.165, 1.54) is 0 Å². The van der Waals surface area contributed by atoms with Gasteiger partial charge in [0.2, 0.25) is 18.2 Å². The maximum absolute atomic E-state index is 12.3. The number of carbonyl (C=O) groups is 3. The summed E-state index contributed by atoms with van der Waals surface area (Å²) in [5.74, 6) is -0.804. The van der Waals surface area contributed by atoms with Crippen molar-refractivity contribution < 1.29 is 23.9 Å². The minimum Gasteiger partial charge on any atom is -0.347 e. The van der Waals surface area contributed by atoms with Crippen LogP contribution in [0.25, 0.3) is 0 Å². The Bertz CT molecular complexity index is 460. The van der Waals surface area contributed by atoms with Gasteiger partial charge in [0, 0.05) is 52.1 Å². The number of ether oxygens (including phenoxy) is 2. The Kier molecular flexibility index (Phi) is 4.82.